The quantitative estimate of drug-likeness (QED) is 0.733. The first-order valence-corrected chi connectivity index (χ1v) is 10.6. The summed E-state index contributed by atoms with van der Waals surface area (Å²) in [6.45, 7) is 4.85. The molecule has 2 amide bonds. The van der Waals surface area contributed by atoms with Crippen molar-refractivity contribution in [2.75, 3.05) is 43.4 Å². The van der Waals surface area contributed by atoms with Crippen LogP contribution in [-0.4, -0.2) is 55.2 Å². The molecule has 1 heterocycles. The van der Waals surface area contributed by atoms with Crippen LogP contribution in [0.2, 0.25) is 5.02 Å². The maximum absolute atomic E-state index is 12.4. The van der Waals surface area contributed by atoms with E-state index >= 15 is 0 Å². The number of thioether (sulfide) groups is 1. The van der Waals surface area contributed by atoms with Gasteiger partial charge in [-0.15, -0.1) is 11.8 Å². The van der Waals surface area contributed by atoms with Crippen molar-refractivity contribution in [3.05, 3.63) is 59.1 Å². The molecule has 0 unspecified atom stereocenters. The van der Waals surface area contributed by atoms with Gasteiger partial charge in [-0.25, -0.2) is 0 Å². The Balaban J connectivity index is 1.39. The highest BCUT2D eigenvalue weighted by atomic mass is 35.5. The van der Waals surface area contributed by atoms with Crippen molar-refractivity contribution in [2.45, 2.75) is 11.8 Å². The van der Waals surface area contributed by atoms with Gasteiger partial charge in [0.05, 0.1) is 12.3 Å². The summed E-state index contributed by atoms with van der Waals surface area (Å²) >= 11 is 7.54. The van der Waals surface area contributed by atoms with Crippen LogP contribution in [0, 0.1) is 6.92 Å². The van der Waals surface area contributed by atoms with E-state index in [1.807, 2.05) is 55.5 Å². The molecule has 0 aliphatic carbocycles. The Kier molecular flexibility index (Phi) is 7.23. The predicted octanol–water partition coefficient (Wildman–Crippen LogP) is 3.21. The lowest BCUT2D eigenvalue weighted by Gasteiger charge is -2.36. The first-order valence-electron chi connectivity index (χ1n) is 9.26. The zero-order chi connectivity index (χ0) is 19.9. The summed E-state index contributed by atoms with van der Waals surface area (Å²) in [5.41, 5.74) is 2.22. The number of nitrogens with one attached hydrogen (secondary N) is 1. The van der Waals surface area contributed by atoms with E-state index in [2.05, 4.69) is 10.2 Å². The maximum Gasteiger partial charge on any atom is 0.242 e. The molecule has 0 saturated carbocycles. The van der Waals surface area contributed by atoms with E-state index in [-0.39, 0.29) is 18.4 Å². The lowest BCUT2D eigenvalue weighted by Crippen LogP contribution is -2.51. The van der Waals surface area contributed by atoms with Crippen molar-refractivity contribution in [2.24, 2.45) is 0 Å². The number of amides is 2. The number of benzene rings is 2. The Morgan fingerprint density at radius 2 is 1.82 bits per heavy atom. The third kappa shape index (κ3) is 5.66. The minimum Gasteiger partial charge on any atom is -0.368 e. The Hall–Kier alpha value is -2.18. The Morgan fingerprint density at radius 1 is 1.07 bits per heavy atom. The first kappa shape index (κ1) is 20.6. The standard InChI is InChI=1S/C21H24ClN3O2S/c1-16-5-2-3-8-19(16)28-15-20(26)23-14-21(27)25-11-9-24(10-12-25)18-7-4-6-17(22)13-18/h2-8,13H,9-12,14-15H2,1H3,(H,23,26). The molecule has 28 heavy (non-hydrogen) atoms. The molecular weight excluding hydrogens is 394 g/mol. The molecule has 1 fully saturated rings. The van der Waals surface area contributed by atoms with Gasteiger partial charge in [0, 0.05) is 41.8 Å². The van der Waals surface area contributed by atoms with Gasteiger partial charge in [-0.2, -0.15) is 0 Å². The normalized spacial score (nSPS) is 14.1. The van der Waals surface area contributed by atoms with Crippen molar-refractivity contribution >= 4 is 40.9 Å². The molecule has 1 aliphatic heterocycles. The largest absolute Gasteiger partial charge is 0.368 e. The van der Waals surface area contributed by atoms with Crippen LogP contribution in [0.3, 0.4) is 0 Å². The van der Waals surface area contributed by atoms with Gasteiger partial charge in [-0.3, -0.25) is 9.59 Å². The predicted molar refractivity (Wildman–Crippen MR) is 115 cm³/mol. The molecule has 0 atom stereocenters. The number of piperazine rings is 1. The average molecular weight is 418 g/mol. The van der Waals surface area contributed by atoms with Gasteiger partial charge in [-0.1, -0.05) is 35.9 Å². The Morgan fingerprint density at radius 3 is 2.54 bits per heavy atom. The molecule has 0 bridgehead atoms. The number of carbonyl (C=O) groups is 2. The molecule has 1 saturated heterocycles. The van der Waals surface area contributed by atoms with Gasteiger partial charge in [-0.05, 0) is 36.8 Å². The number of nitrogens with zero attached hydrogens (tertiary/aromatic N) is 2. The van der Waals surface area contributed by atoms with Crippen molar-refractivity contribution in [3.63, 3.8) is 0 Å². The van der Waals surface area contributed by atoms with Crippen molar-refractivity contribution in [1.29, 1.82) is 0 Å². The maximum atomic E-state index is 12.4. The van der Waals surface area contributed by atoms with Crippen LogP contribution in [-0.2, 0) is 9.59 Å². The van der Waals surface area contributed by atoms with Crippen LogP contribution in [0.15, 0.2) is 53.4 Å². The molecule has 1 aliphatic rings. The third-order valence-electron chi connectivity index (χ3n) is 4.69. The Bertz CT molecular complexity index is 838. The highest BCUT2D eigenvalue weighted by molar-refractivity contribution is 8.00. The molecule has 0 radical (unpaired) electrons. The van der Waals surface area contributed by atoms with Crippen LogP contribution >= 0.6 is 23.4 Å². The van der Waals surface area contributed by atoms with Gasteiger partial charge in [0.1, 0.15) is 0 Å². The third-order valence-corrected chi connectivity index (χ3v) is 6.11. The summed E-state index contributed by atoms with van der Waals surface area (Å²) in [4.78, 5) is 29.6. The molecule has 0 aromatic heterocycles. The fourth-order valence-corrected chi connectivity index (χ4v) is 4.13. The second kappa shape index (κ2) is 9.85. The SMILES string of the molecule is Cc1ccccc1SCC(=O)NCC(=O)N1CCN(c2cccc(Cl)c2)CC1. The van der Waals surface area contributed by atoms with Gasteiger partial charge in [0.15, 0.2) is 0 Å². The zero-order valence-electron chi connectivity index (χ0n) is 15.9. The fraction of sp³-hybridized carbons (Fsp3) is 0.333. The van der Waals surface area contributed by atoms with Gasteiger partial charge in [0.25, 0.3) is 0 Å². The summed E-state index contributed by atoms with van der Waals surface area (Å²) in [6, 6.07) is 15.7. The van der Waals surface area contributed by atoms with Gasteiger partial charge in [0.2, 0.25) is 11.8 Å². The second-order valence-corrected chi connectivity index (χ2v) is 8.13. The highest BCUT2D eigenvalue weighted by Crippen LogP contribution is 2.22. The highest BCUT2D eigenvalue weighted by Gasteiger charge is 2.21. The van der Waals surface area contributed by atoms with Gasteiger partial charge < -0.3 is 15.1 Å². The fourth-order valence-electron chi connectivity index (χ4n) is 3.09. The summed E-state index contributed by atoms with van der Waals surface area (Å²) in [7, 11) is 0. The van der Waals surface area contributed by atoms with E-state index < -0.39 is 0 Å². The monoisotopic (exact) mass is 417 g/mol. The smallest absolute Gasteiger partial charge is 0.242 e. The molecule has 3 rings (SSSR count). The summed E-state index contributed by atoms with van der Waals surface area (Å²) < 4.78 is 0. The second-order valence-electron chi connectivity index (χ2n) is 6.68. The number of hydrogen-bond donors (Lipinski definition) is 1. The van der Waals surface area contributed by atoms with E-state index in [0.717, 1.165) is 29.2 Å². The van der Waals surface area contributed by atoms with Crippen LogP contribution in [0.1, 0.15) is 5.56 Å². The number of hydrogen-bond acceptors (Lipinski definition) is 4. The molecule has 1 N–H and O–H groups in total. The van der Waals surface area contributed by atoms with E-state index in [0.29, 0.717) is 23.9 Å². The summed E-state index contributed by atoms with van der Waals surface area (Å²) in [5, 5.41) is 3.45. The molecule has 5 nitrogen and oxygen atoms in total. The topological polar surface area (TPSA) is 52.7 Å². The minimum atomic E-state index is -0.126. The van der Waals surface area contributed by atoms with E-state index in [4.69, 9.17) is 11.6 Å². The van der Waals surface area contributed by atoms with E-state index in [1.54, 1.807) is 4.90 Å². The van der Waals surface area contributed by atoms with Crippen LogP contribution in [0.4, 0.5) is 5.69 Å². The number of anilines is 1. The molecule has 7 heteroatoms. The van der Waals surface area contributed by atoms with E-state index in [9.17, 15) is 9.59 Å². The van der Waals surface area contributed by atoms with Crippen LogP contribution in [0.25, 0.3) is 0 Å². The van der Waals surface area contributed by atoms with Crippen molar-refractivity contribution in [1.82, 2.24) is 10.2 Å². The average Bonchev–Trinajstić information content (AvgIpc) is 2.71. The number of aryl methyl sites for hydroxylation is 1. The summed E-state index contributed by atoms with van der Waals surface area (Å²) in [5.74, 6) is 0.139. The molecular formula is C21H24ClN3O2S. The Labute approximate surface area is 175 Å². The van der Waals surface area contributed by atoms with Gasteiger partial charge >= 0.3 is 0 Å². The zero-order valence-corrected chi connectivity index (χ0v) is 17.4. The molecule has 2 aromatic carbocycles. The number of halogens is 1. The first-order chi connectivity index (χ1) is 13.5. The number of rotatable bonds is 6. The number of carbonyl (C=O) groups excluding carboxylic acids is 2. The molecule has 148 valence electrons. The summed E-state index contributed by atoms with van der Waals surface area (Å²) in [6.07, 6.45) is 0. The van der Waals surface area contributed by atoms with Crippen LogP contribution in [0.5, 0.6) is 0 Å². The lowest BCUT2D eigenvalue weighted by atomic mass is 10.2. The minimum absolute atomic E-state index is 0.0417. The molecule has 2 aromatic rings. The van der Waals surface area contributed by atoms with Crippen molar-refractivity contribution in [3.8, 4) is 0 Å². The van der Waals surface area contributed by atoms with Crippen molar-refractivity contribution < 1.29 is 9.59 Å². The lowest BCUT2D eigenvalue weighted by molar-refractivity contribution is -0.132. The molecule has 0 spiro atoms. The van der Waals surface area contributed by atoms with E-state index in [1.165, 1.54) is 11.8 Å². The van der Waals surface area contributed by atoms with Crippen LogP contribution < -0.4 is 10.2 Å².